The van der Waals surface area contributed by atoms with Gasteiger partial charge in [0.25, 0.3) is 0 Å². The monoisotopic (exact) mass is 376 g/mol. The molecule has 8 heteroatoms. The zero-order valence-corrected chi connectivity index (χ0v) is 14.4. The quantitative estimate of drug-likeness (QED) is 0.761. The van der Waals surface area contributed by atoms with Crippen LogP contribution in [-0.2, 0) is 4.79 Å². The molecule has 0 bridgehead atoms. The molecule has 0 saturated heterocycles. The summed E-state index contributed by atoms with van der Waals surface area (Å²) in [4.78, 5) is 19.1. The van der Waals surface area contributed by atoms with Crippen molar-refractivity contribution in [2.45, 2.75) is 19.3 Å². The summed E-state index contributed by atoms with van der Waals surface area (Å²) in [6, 6.07) is 2.24. The first-order valence-electron chi connectivity index (χ1n) is 8.81. The number of ether oxygens (including phenoxy) is 2. The second-order valence-electron chi connectivity index (χ2n) is 7.02. The van der Waals surface area contributed by atoms with Crippen molar-refractivity contribution in [2.75, 3.05) is 13.2 Å². The second-order valence-corrected chi connectivity index (χ2v) is 7.02. The maximum Gasteiger partial charge on any atom is 0.306 e. The summed E-state index contributed by atoms with van der Waals surface area (Å²) in [7, 11) is 0. The van der Waals surface area contributed by atoms with Crippen molar-refractivity contribution in [3.05, 3.63) is 36.2 Å². The molecule has 1 N–H and O–H groups in total. The molecule has 2 aliphatic rings. The van der Waals surface area contributed by atoms with E-state index in [1.807, 2.05) is 0 Å². The van der Waals surface area contributed by atoms with Crippen LogP contribution in [0.25, 0.3) is 11.3 Å². The third-order valence-corrected chi connectivity index (χ3v) is 4.75. The molecule has 0 radical (unpaired) electrons. The summed E-state index contributed by atoms with van der Waals surface area (Å²) in [6.07, 6.45) is 5.60. The van der Waals surface area contributed by atoms with Crippen LogP contribution in [-0.4, -0.2) is 34.3 Å². The van der Waals surface area contributed by atoms with Gasteiger partial charge in [0.05, 0.1) is 37.2 Å². The van der Waals surface area contributed by atoms with Gasteiger partial charge in [-0.15, -0.1) is 0 Å². The van der Waals surface area contributed by atoms with E-state index in [9.17, 15) is 13.6 Å². The molecule has 2 aliphatic carbocycles. The van der Waals surface area contributed by atoms with Crippen LogP contribution < -0.4 is 9.47 Å². The minimum absolute atomic E-state index is 0.0333. The molecule has 1 aromatic carbocycles. The highest BCUT2D eigenvalue weighted by molar-refractivity contribution is 5.73. The lowest BCUT2D eigenvalue weighted by Crippen LogP contribution is -2.08. The van der Waals surface area contributed by atoms with E-state index in [0.717, 1.165) is 25.0 Å². The number of hydrogen-bond donors (Lipinski definition) is 1. The molecular weight excluding hydrogens is 358 g/mol. The van der Waals surface area contributed by atoms with Gasteiger partial charge in [-0.1, -0.05) is 0 Å². The van der Waals surface area contributed by atoms with Crippen LogP contribution in [0.1, 0.15) is 19.3 Å². The Labute approximate surface area is 154 Å². The number of carboxylic acid groups (broad SMARTS) is 1. The highest BCUT2D eigenvalue weighted by Crippen LogP contribution is 2.39. The fraction of sp³-hybridized carbons (Fsp3) is 0.421. The number of aromatic nitrogens is 2. The lowest BCUT2D eigenvalue weighted by molar-refractivity contribution is -0.138. The number of halogens is 2. The van der Waals surface area contributed by atoms with Crippen molar-refractivity contribution in [1.82, 2.24) is 9.97 Å². The van der Waals surface area contributed by atoms with Gasteiger partial charge in [-0.05, 0) is 37.3 Å². The Balaban J connectivity index is 1.46. The first-order valence-corrected chi connectivity index (χ1v) is 8.81. The number of aliphatic carboxylic acids is 1. The minimum atomic E-state index is -0.915. The van der Waals surface area contributed by atoms with Crippen molar-refractivity contribution in [2.24, 2.45) is 17.8 Å². The molecule has 27 heavy (non-hydrogen) atoms. The third kappa shape index (κ3) is 4.15. The number of nitrogens with zero attached hydrogens (tertiary/aromatic N) is 2. The highest BCUT2D eigenvalue weighted by atomic mass is 19.1. The fourth-order valence-corrected chi connectivity index (χ4v) is 2.81. The maximum absolute atomic E-state index is 14.3. The third-order valence-electron chi connectivity index (χ3n) is 4.75. The maximum atomic E-state index is 14.3. The predicted octanol–water partition coefficient (Wildman–Crippen LogP) is 3.31. The standard InChI is InChI=1S/C19H18F2N2O4/c20-14-4-11(16-6-22-7-17(23-16)26-8-10-1-2-10)5-15(21)18(14)27-9-12-3-13(12)19(24)25/h4-7,10,12-13H,1-3,8-9H2,(H,24,25). The average molecular weight is 376 g/mol. The highest BCUT2D eigenvalue weighted by Gasteiger charge is 2.43. The smallest absolute Gasteiger partial charge is 0.306 e. The van der Waals surface area contributed by atoms with Crippen LogP contribution in [0.5, 0.6) is 11.6 Å². The van der Waals surface area contributed by atoms with E-state index in [1.165, 1.54) is 12.4 Å². The fourth-order valence-electron chi connectivity index (χ4n) is 2.81. The topological polar surface area (TPSA) is 81.5 Å². The summed E-state index contributed by atoms with van der Waals surface area (Å²) < 4.78 is 39.4. The van der Waals surface area contributed by atoms with Crippen molar-refractivity contribution in [1.29, 1.82) is 0 Å². The Bertz CT molecular complexity index is 850. The molecule has 2 unspecified atom stereocenters. The van der Waals surface area contributed by atoms with Gasteiger partial charge in [0.2, 0.25) is 5.88 Å². The Hall–Kier alpha value is -2.77. The van der Waals surface area contributed by atoms with Gasteiger partial charge in [0.15, 0.2) is 17.4 Å². The lowest BCUT2D eigenvalue weighted by Gasteiger charge is -2.10. The van der Waals surface area contributed by atoms with E-state index < -0.39 is 29.3 Å². The number of benzene rings is 1. The molecule has 0 spiro atoms. The van der Waals surface area contributed by atoms with E-state index >= 15 is 0 Å². The molecule has 1 aromatic heterocycles. The summed E-state index contributed by atoms with van der Waals surface area (Å²) in [5.41, 5.74) is 0.511. The Morgan fingerprint density at radius 2 is 1.89 bits per heavy atom. The number of carbonyl (C=O) groups is 1. The SMILES string of the molecule is O=C(O)C1CC1COc1c(F)cc(-c2cncc(OCC3CC3)n2)cc1F. The van der Waals surface area contributed by atoms with Crippen LogP contribution in [0.2, 0.25) is 0 Å². The molecule has 4 rings (SSSR count). The molecule has 2 saturated carbocycles. The number of rotatable bonds is 8. The van der Waals surface area contributed by atoms with E-state index in [2.05, 4.69) is 9.97 Å². The Morgan fingerprint density at radius 1 is 1.15 bits per heavy atom. The zero-order valence-electron chi connectivity index (χ0n) is 14.4. The van der Waals surface area contributed by atoms with Gasteiger partial charge < -0.3 is 14.6 Å². The molecule has 0 amide bonds. The molecule has 0 aliphatic heterocycles. The predicted molar refractivity (Wildman–Crippen MR) is 90.3 cm³/mol. The Morgan fingerprint density at radius 3 is 2.52 bits per heavy atom. The molecule has 1 heterocycles. The number of hydrogen-bond acceptors (Lipinski definition) is 5. The van der Waals surface area contributed by atoms with Gasteiger partial charge in [-0.25, -0.2) is 13.8 Å². The molecule has 6 nitrogen and oxygen atoms in total. The van der Waals surface area contributed by atoms with Crippen LogP contribution in [0.15, 0.2) is 24.5 Å². The van der Waals surface area contributed by atoms with E-state index in [0.29, 0.717) is 30.5 Å². The van der Waals surface area contributed by atoms with Crippen molar-refractivity contribution < 1.29 is 28.2 Å². The normalized spacial score (nSPS) is 21.0. The van der Waals surface area contributed by atoms with E-state index in [4.69, 9.17) is 14.6 Å². The van der Waals surface area contributed by atoms with Crippen LogP contribution in [0.3, 0.4) is 0 Å². The van der Waals surface area contributed by atoms with Crippen molar-refractivity contribution >= 4 is 5.97 Å². The van der Waals surface area contributed by atoms with Crippen molar-refractivity contribution in [3.63, 3.8) is 0 Å². The van der Waals surface area contributed by atoms with Gasteiger partial charge in [0.1, 0.15) is 0 Å². The van der Waals surface area contributed by atoms with Gasteiger partial charge in [-0.2, -0.15) is 0 Å². The minimum Gasteiger partial charge on any atom is -0.487 e. The Kier molecular flexibility index (Phi) is 4.63. The van der Waals surface area contributed by atoms with E-state index in [1.54, 1.807) is 0 Å². The van der Waals surface area contributed by atoms with Gasteiger partial charge in [-0.3, -0.25) is 9.78 Å². The summed E-state index contributed by atoms with van der Waals surface area (Å²) in [5, 5.41) is 8.86. The van der Waals surface area contributed by atoms with Crippen molar-refractivity contribution in [3.8, 4) is 22.9 Å². The average Bonchev–Trinajstić information content (AvgIpc) is 3.53. The first-order chi connectivity index (χ1) is 13.0. The lowest BCUT2D eigenvalue weighted by atomic mass is 10.1. The summed E-state index contributed by atoms with van der Waals surface area (Å²) in [5.74, 6) is -3.02. The molecule has 2 aromatic rings. The van der Waals surface area contributed by atoms with E-state index in [-0.39, 0.29) is 18.1 Å². The largest absolute Gasteiger partial charge is 0.487 e. The van der Waals surface area contributed by atoms with Gasteiger partial charge in [0, 0.05) is 11.5 Å². The first kappa shape index (κ1) is 17.6. The van der Waals surface area contributed by atoms with Crippen LogP contribution in [0.4, 0.5) is 8.78 Å². The van der Waals surface area contributed by atoms with Crippen LogP contribution >= 0.6 is 0 Å². The molecule has 2 atom stereocenters. The number of carboxylic acids is 1. The molecule has 2 fully saturated rings. The molecular formula is C19H18F2N2O4. The zero-order chi connectivity index (χ0) is 19.0. The summed E-state index contributed by atoms with van der Waals surface area (Å²) in [6.45, 7) is 0.528. The summed E-state index contributed by atoms with van der Waals surface area (Å²) >= 11 is 0. The second kappa shape index (κ2) is 7.09. The van der Waals surface area contributed by atoms with Gasteiger partial charge >= 0.3 is 5.97 Å². The van der Waals surface area contributed by atoms with Crippen LogP contribution in [0, 0.1) is 29.4 Å². The molecule has 142 valence electrons.